The van der Waals surface area contributed by atoms with Crippen molar-refractivity contribution >= 4 is 11.8 Å². The van der Waals surface area contributed by atoms with Gasteiger partial charge in [-0.1, -0.05) is 24.3 Å². The maximum Gasteiger partial charge on any atom is 0.254 e. The largest absolute Gasteiger partial charge is 0.349 e. The Morgan fingerprint density at radius 2 is 1.75 bits per heavy atom. The number of benzene rings is 2. The van der Waals surface area contributed by atoms with Crippen molar-refractivity contribution in [2.75, 3.05) is 13.1 Å². The fourth-order valence-corrected chi connectivity index (χ4v) is 3.81. The third kappa shape index (κ3) is 4.49. The Kier molecular flexibility index (Phi) is 6.22. The van der Waals surface area contributed by atoms with Gasteiger partial charge >= 0.3 is 0 Å². The van der Waals surface area contributed by atoms with Crippen molar-refractivity contribution in [2.45, 2.75) is 18.9 Å². The van der Waals surface area contributed by atoms with Crippen LogP contribution >= 0.6 is 0 Å². The van der Waals surface area contributed by atoms with Gasteiger partial charge in [0.05, 0.1) is 16.8 Å². The van der Waals surface area contributed by atoms with Crippen LogP contribution in [0.5, 0.6) is 0 Å². The third-order valence-corrected chi connectivity index (χ3v) is 5.57. The van der Waals surface area contributed by atoms with Gasteiger partial charge in [0.15, 0.2) is 0 Å². The molecular weight excluding hydrogens is 407 g/mol. The Morgan fingerprint density at radius 1 is 1.03 bits per heavy atom. The maximum absolute atomic E-state index is 13.8. The molecule has 2 amide bonds. The molecule has 6 nitrogen and oxygen atoms in total. The highest BCUT2D eigenvalue weighted by Crippen LogP contribution is 2.22. The van der Waals surface area contributed by atoms with Crippen LogP contribution in [0.15, 0.2) is 66.9 Å². The molecule has 3 aromatic rings. The summed E-state index contributed by atoms with van der Waals surface area (Å²) in [6.07, 6.45) is 2.83. The first-order valence-corrected chi connectivity index (χ1v) is 10.4. The number of amides is 2. The van der Waals surface area contributed by atoms with E-state index < -0.39 is 11.7 Å². The van der Waals surface area contributed by atoms with Crippen LogP contribution in [-0.2, 0) is 0 Å². The van der Waals surface area contributed by atoms with E-state index in [0.29, 0.717) is 42.8 Å². The van der Waals surface area contributed by atoms with Gasteiger partial charge < -0.3 is 10.2 Å². The molecule has 1 saturated heterocycles. The molecular formula is C25H21FN4O2. The molecule has 0 spiro atoms. The lowest BCUT2D eigenvalue weighted by Crippen LogP contribution is -2.46. The van der Waals surface area contributed by atoms with Gasteiger partial charge in [-0.2, -0.15) is 5.26 Å². The lowest BCUT2D eigenvalue weighted by Gasteiger charge is -2.32. The van der Waals surface area contributed by atoms with E-state index in [4.69, 9.17) is 0 Å². The summed E-state index contributed by atoms with van der Waals surface area (Å²) in [4.78, 5) is 31.2. The van der Waals surface area contributed by atoms with Crippen LogP contribution < -0.4 is 5.32 Å². The summed E-state index contributed by atoms with van der Waals surface area (Å²) in [5, 5.41) is 12.1. The summed E-state index contributed by atoms with van der Waals surface area (Å²) in [6, 6.07) is 18.4. The number of rotatable bonds is 4. The Balaban J connectivity index is 1.36. The van der Waals surface area contributed by atoms with E-state index in [1.807, 2.05) is 0 Å². The normalized spacial score (nSPS) is 13.9. The Labute approximate surface area is 185 Å². The molecule has 4 rings (SSSR count). The number of nitrogens with one attached hydrogen (secondary N) is 1. The van der Waals surface area contributed by atoms with Gasteiger partial charge in [0.25, 0.3) is 11.8 Å². The number of hydrogen-bond acceptors (Lipinski definition) is 4. The average molecular weight is 428 g/mol. The zero-order valence-electron chi connectivity index (χ0n) is 17.3. The summed E-state index contributed by atoms with van der Waals surface area (Å²) in [5.74, 6) is -1.07. The van der Waals surface area contributed by atoms with Crippen molar-refractivity contribution in [1.82, 2.24) is 15.2 Å². The molecule has 1 N–H and O–H groups in total. The summed E-state index contributed by atoms with van der Waals surface area (Å²) >= 11 is 0. The van der Waals surface area contributed by atoms with Gasteiger partial charge in [-0.25, -0.2) is 4.39 Å². The predicted molar refractivity (Wildman–Crippen MR) is 117 cm³/mol. The smallest absolute Gasteiger partial charge is 0.254 e. The molecule has 7 heteroatoms. The minimum Gasteiger partial charge on any atom is -0.349 e. The molecule has 1 aromatic heterocycles. The van der Waals surface area contributed by atoms with Crippen LogP contribution in [0.4, 0.5) is 4.39 Å². The lowest BCUT2D eigenvalue weighted by molar-refractivity contribution is 0.0698. The van der Waals surface area contributed by atoms with Crippen molar-refractivity contribution in [3.8, 4) is 17.3 Å². The molecule has 0 atom stereocenters. The van der Waals surface area contributed by atoms with Crippen molar-refractivity contribution < 1.29 is 14.0 Å². The number of nitriles is 1. The summed E-state index contributed by atoms with van der Waals surface area (Å²) < 4.78 is 13.8. The monoisotopic (exact) mass is 428 g/mol. The number of nitrogens with zero attached hydrogens (tertiary/aromatic N) is 3. The standard InChI is InChI=1S/C25H21FN4O2/c26-22-6-2-1-5-21(22)24(31)29-20-11-14-30(15-12-20)25(32)18-9-7-17(8-10-18)23-19(16-27)4-3-13-28-23/h1-10,13,20H,11-12,14-15H2,(H,29,31). The number of hydrogen-bond donors (Lipinski definition) is 1. The molecule has 1 aliphatic rings. The number of pyridine rings is 1. The highest BCUT2D eigenvalue weighted by molar-refractivity contribution is 5.95. The fraction of sp³-hybridized carbons (Fsp3) is 0.200. The fourth-order valence-electron chi connectivity index (χ4n) is 3.81. The van der Waals surface area contributed by atoms with Crippen LogP contribution in [0.2, 0.25) is 0 Å². The van der Waals surface area contributed by atoms with E-state index in [1.54, 1.807) is 59.6 Å². The summed E-state index contributed by atoms with van der Waals surface area (Å²) in [7, 11) is 0. The molecule has 0 aliphatic carbocycles. The van der Waals surface area contributed by atoms with E-state index in [-0.39, 0.29) is 17.5 Å². The lowest BCUT2D eigenvalue weighted by atomic mass is 10.0. The molecule has 32 heavy (non-hydrogen) atoms. The minimum atomic E-state index is -0.548. The second kappa shape index (κ2) is 9.40. The number of carbonyl (C=O) groups is 2. The quantitative estimate of drug-likeness (QED) is 0.685. The Bertz CT molecular complexity index is 1180. The number of carbonyl (C=O) groups excluding carboxylic acids is 2. The molecule has 0 saturated carbocycles. The van der Waals surface area contributed by atoms with Crippen molar-refractivity contribution in [2.24, 2.45) is 0 Å². The van der Waals surface area contributed by atoms with E-state index in [1.165, 1.54) is 12.1 Å². The first-order valence-electron chi connectivity index (χ1n) is 10.4. The van der Waals surface area contributed by atoms with E-state index >= 15 is 0 Å². The molecule has 0 radical (unpaired) electrons. The second-order valence-corrected chi connectivity index (χ2v) is 7.61. The van der Waals surface area contributed by atoms with E-state index in [0.717, 1.165) is 5.56 Å². The van der Waals surface area contributed by atoms with Crippen LogP contribution in [0.1, 0.15) is 39.1 Å². The Hall–Kier alpha value is -4.05. The van der Waals surface area contributed by atoms with Gasteiger partial charge in [-0.05, 0) is 49.2 Å². The first-order chi connectivity index (χ1) is 15.6. The zero-order chi connectivity index (χ0) is 22.5. The molecule has 0 bridgehead atoms. The predicted octanol–water partition coefficient (Wildman–Crippen LogP) is 3.79. The van der Waals surface area contributed by atoms with Crippen LogP contribution in [0.3, 0.4) is 0 Å². The van der Waals surface area contributed by atoms with Crippen molar-refractivity contribution in [1.29, 1.82) is 5.26 Å². The number of likely N-dealkylation sites (tertiary alicyclic amines) is 1. The highest BCUT2D eigenvalue weighted by Gasteiger charge is 2.25. The van der Waals surface area contributed by atoms with Crippen LogP contribution in [0, 0.1) is 17.1 Å². The molecule has 2 aromatic carbocycles. The van der Waals surface area contributed by atoms with Gasteiger partial charge in [-0.15, -0.1) is 0 Å². The van der Waals surface area contributed by atoms with Crippen molar-refractivity contribution in [3.05, 3.63) is 89.4 Å². The number of aromatic nitrogens is 1. The van der Waals surface area contributed by atoms with Crippen LogP contribution in [-0.4, -0.2) is 40.8 Å². The maximum atomic E-state index is 13.8. The summed E-state index contributed by atoms with van der Waals surface area (Å²) in [5.41, 5.74) is 2.41. The molecule has 0 unspecified atom stereocenters. The second-order valence-electron chi connectivity index (χ2n) is 7.61. The summed E-state index contributed by atoms with van der Waals surface area (Å²) in [6.45, 7) is 1.00. The van der Waals surface area contributed by atoms with Gasteiger partial charge in [-0.3, -0.25) is 14.6 Å². The minimum absolute atomic E-state index is 0.0264. The Morgan fingerprint density at radius 3 is 2.44 bits per heavy atom. The topological polar surface area (TPSA) is 86.1 Å². The number of piperidine rings is 1. The van der Waals surface area contributed by atoms with Crippen LogP contribution in [0.25, 0.3) is 11.3 Å². The number of halogens is 1. The zero-order valence-corrected chi connectivity index (χ0v) is 17.3. The molecule has 2 heterocycles. The molecule has 1 fully saturated rings. The first kappa shape index (κ1) is 21.2. The molecule has 160 valence electrons. The highest BCUT2D eigenvalue weighted by atomic mass is 19.1. The SMILES string of the molecule is N#Cc1cccnc1-c1ccc(C(=O)N2CCC(NC(=O)c3ccccc3F)CC2)cc1. The van der Waals surface area contributed by atoms with Gasteiger partial charge in [0.2, 0.25) is 0 Å². The van der Waals surface area contributed by atoms with Crippen molar-refractivity contribution in [3.63, 3.8) is 0 Å². The van der Waals surface area contributed by atoms with Gasteiger partial charge in [0.1, 0.15) is 11.9 Å². The van der Waals surface area contributed by atoms with E-state index in [2.05, 4.69) is 16.4 Å². The average Bonchev–Trinajstić information content (AvgIpc) is 2.84. The van der Waals surface area contributed by atoms with Gasteiger partial charge in [0, 0.05) is 36.5 Å². The molecule has 1 aliphatic heterocycles. The van der Waals surface area contributed by atoms with E-state index in [9.17, 15) is 19.2 Å². The third-order valence-electron chi connectivity index (χ3n) is 5.57.